The average Bonchev–Trinajstić information content (AvgIpc) is 2.44. The lowest BCUT2D eigenvalue weighted by Crippen LogP contribution is -1.97. The van der Waals surface area contributed by atoms with Crippen molar-refractivity contribution in [3.8, 4) is 5.75 Å². The number of aryl methyl sites for hydroxylation is 1. The van der Waals surface area contributed by atoms with Gasteiger partial charge in [0, 0.05) is 6.42 Å². The number of Topliss-reactive ketones (excluding diaryl/α,β-unsaturated/α-hetero) is 1. The number of fused-ring (bicyclic) bond motifs is 1. The van der Waals surface area contributed by atoms with E-state index in [4.69, 9.17) is 5.73 Å². The third kappa shape index (κ3) is 1.00. The van der Waals surface area contributed by atoms with Crippen molar-refractivity contribution in [2.75, 3.05) is 5.73 Å². The highest BCUT2D eigenvalue weighted by Crippen LogP contribution is 2.36. The van der Waals surface area contributed by atoms with E-state index in [0.717, 1.165) is 17.5 Å². The second kappa shape index (κ2) is 2.49. The maximum Gasteiger partial charge on any atom is 0.167 e. The number of anilines is 1. The van der Waals surface area contributed by atoms with Crippen LogP contribution in [0.5, 0.6) is 5.75 Å². The highest BCUT2D eigenvalue weighted by atomic mass is 16.3. The van der Waals surface area contributed by atoms with Crippen molar-refractivity contribution in [2.45, 2.75) is 19.8 Å². The fourth-order valence-electron chi connectivity index (χ4n) is 1.86. The smallest absolute Gasteiger partial charge is 0.167 e. The molecular weight excluding hydrogens is 166 g/mol. The summed E-state index contributed by atoms with van der Waals surface area (Å²) in [5, 5.41) is 9.57. The van der Waals surface area contributed by atoms with Gasteiger partial charge in [0.25, 0.3) is 0 Å². The van der Waals surface area contributed by atoms with Crippen LogP contribution >= 0.6 is 0 Å². The first kappa shape index (κ1) is 8.10. The molecule has 0 heterocycles. The molecule has 0 saturated heterocycles. The zero-order valence-corrected chi connectivity index (χ0v) is 7.42. The zero-order valence-electron chi connectivity index (χ0n) is 7.42. The van der Waals surface area contributed by atoms with Crippen LogP contribution in [0.15, 0.2) is 6.07 Å². The van der Waals surface area contributed by atoms with E-state index in [1.165, 1.54) is 0 Å². The molecule has 1 aliphatic rings. The van der Waals surface area contributed by atoms with E-state index in [1.54, 1.807) is 6.07 Å². The molecular formula is C10H11NO2. The number of hydrogen-bond donors (Lipinski definition) is 2. The molecule has 3 N–H and O–H groups in total. The van der Waals surface area contributed by atoms with Crippen molar-refractivity contribution in [3.63, 3.8) is 0 Å². The van der Waals surface area contributed by atoms with Crippen molar-refractivity contribution >= 4 is 11.5 Å². The van der Waals surface area contributed by atoms with Crippen molar-refractivity contribution in [1.82, 2.24) is 0 Å². The van der Waals surface area contributed by atoms with Gasteiger partial charge in [-0.25, -0.2) is 0 Å². The Morgan fingerprint density at radius 1 is 1.46 bits per heavy atom. The summed E-state index contributed by atoms with van der Waals surface area (Å²) < 4.78 is 0. The Balaban J connectivity index is 2.77. The number of rotatable bonds is 0. The SMILES string of the molecule is Cc1cc(N)c(O)c2c1CCC2=O. The molecule has 13 heavy (non-hydrogen) atoms. The van der Waals surface area contributed by atoms with Gasteiger partial charge in [0.1, 0.15) is 5.75 Å². The van der Waals surface area contributed by atoms with E-state index in [1.807, 2.05) is 6.92 Å². The first-order valence-corrected chi connectivity index (χ1v) is 4.25. The second-order valence-corrected chi connectivity index (χ2v) is 3.41. The van der Waals surface area contributed by atoms with Crippen LogP contribution in [0.1, 0.15) is 27.9 Å². The van der Waals surface area contributed by atoms with Gasteiger partial charge in [-0.05, 0) is 30.5 Å². The summed E-state index contributed by atoms with van der Waals surface area (Å²) >= 11 is 0. The number of carbonyl (C=O) groups excluding carboxylic acids is 1. The van der Waals surface area contributed by atoms with Crippen molar-refractivity contribution in [3.05, 3.63) is 22.8 Å². The third-order valence-corrected chi connectivity index (χ3v) is 2.54. The molecule has 1 aliphatic carbocycles. The number of nitrogen functional groups attached to an aromatic ring is 1. The molecule has 0 atom stereocenters. The van der Waals surface area contributed by atoms with Gasteiger partial charge in [0.2, 0.25) is 0 Å². The fraction of sp³-hybridized carbons (Fsp3) is 0.300. The van der Waals surface area contributed by atoms with Crippen LogP contribution in [0.4, 0.5) is 5.69 Å². The molecule has 0 aromatic heterocycles. The van der Waals surface area contributed by atoms with Gasteiger partial charge in [0.05, 0.1) is 11.3 Å². The van der Waals surface area contributed by atoms with Crippen LogP contribution in [0.2, 0.25) is 0 Å². The van der Waals surface area contributed by atoms with E-state index < -0.39 is 0 Å². The number of ketones is 1. The summed E-state index contributed by atoms with van der Waals surface area (Å²) in [6, 6.07) is 1.72. The Bertz CT molecular complexity index is 396. The molecule has 68 valence electrons. The highest BCUT2D eigenvalue weighted by molar-refractivity contribution is 6.04. The lowest BCUT2D eigenvalue weighted by molar-refractivity contribution is 0.0992. The first-order chi connectivity index (χ1) is 6.11. The third-order valence-electron chi connectivity index (χ3n) is 2.54. The van der Waals surface area contributed by atoms with Crippen molar-refractivity contribution < 1.29 is 9.90 Å². The van der Waals surface area contributed by atoms with Gasteiger partial charge in [-0.15, -0.1) is 0 Å². The summed E-state index contributed by atoms with van der Waals surface area (Å²) in [6.07, 6.45) is 1.22. The van der Waals surface area contributed by atoms with Crippen LogP contribution in [0.25, 0.3) is 0 Å². The number of phenols is 1. The van der Waals surface area contributed by atoms with Crippen LogP contribution in [-0.2, 0) is 6.42 Å². The predicted molar refractivity (Wildman–Crippen MR) is 49.9 cm³/mol. The standard InChI is InChI=1S/C10H11NO2/c1-5-4-7(11)10(13)9-6(5)2-3-8(9)12/h4,13H,2-3,11H2,1H3. The van der Waals surface area contributed by atoms with Crippen LogP contribution < -0.4 is 5.73 Å². The zero-order chi connectivity index (χ0) is 9.59. The van der Waals surface area contributed by atoms with Crippen molar-refractivity contribution in [1.29, 1.82) is 0 Å². The van der Waals surface area contributed by atoms with Crippen LogP contribution in [0, 0.1) is 6.92 Å². The number of hydrogen-bond acceptors (Lipinski definition) is 3. The average molecular weight is 177 g/mol. The number of aromatic hydroxyl groups is 1. The number of benzene rings is 1. The maximum atomic E-state index is 11.4. The van der Waals surface area contributed by atoms with E-state index in [0.29, 0.717) is 17.7 Å². The molecule has 0 unspecified atom stereocenters. The number of phenolic OH excluding ortho intramolecular Hbond substituents is 1. The van der Waals surface area contributed by atoms with Crippen molar-refractivity contribution in [2.24, 2.45) is 0 Å². The lowest BCUT2D eigenvalue weighted by atomic mass is 10.0. The second-order valence-electron chi connectivity index (χ2n) is 3.41. The van der Waals surface area contributed by atoms with Gasteiger partial charge in [-0.3, -0.25) is 4.79 Å². The summed E-state index contributed by atoms with van der Waals surface area (Å²) in [5.74, 6) is -0.0361. The van der Waals surface area contributed by atoms with Gasteiger partial charge in [-0.1, -0.05) is 0 Å². The quantitative estimate of drug-likeness (QED) is 0.465. The highest BCUT2D eigenvalue weighted by Gasteiger charge is 2.25. The molecule has 1 aromatic rings. The molecule has 0 fully saturated rings. The Morgan fingerprint density at radius 3 is 2.85 bits per heavy atom. The Hall–Kier alpha value is -1.51. The van der Waals surface area contributed by atoms with E-state index in [-0.39, 0.29) is 11.5 Å². The topological polar surface area (TPSA) is 63.3 Å². The van der Waals surface area contributed by atoms with Gasteiger partial charge >= 0.3 is 0 Å². The minimum Gasteiger partial charge on any atom is -0.505 e. The molecule has 0 aliphatic heterocycles. The summed E-state index contributed by atoms with van der Waals surface area (Å²) in [7, 11) is 0. The monoisotopic (exact) mass is 177 g/mol. The summed E-state index contributed by atoms with van der Waals surface area (Å²) in [5.41, 5.74) is 8.25. The van der Waals surface area contributed by atoms with Gasteiger partial charge in [0.15, 0.2) is 5.78 Å². The summed E-state index contributed by atoms with van der Waals surface area (Å²) in [6.45, 7) is 1.91. The van der Waals surface area contributed by atoms with Gasteiger partial charge < -0.3 is 10.8 Å². The fourth-order valence-corrected chi connectivity index (χ4v) is 1.86. The minimum atomic E-state index is -0.0388. The van der Waals surface area contributed by atoms with E-state index >= 15 is 0 Å². The Labute approximate surface area is 76.2 Å². The molecule has 0 saturated carbocycles. The molecule has 1 aromatic carbocycles. The van der Waals surface area contributed by atoms with E-state index in [9.17, 15) is 9.90 Å². The Morgan fingerprint density at radius 2 is 2.15 bits per heavy atom. The minimum absolute atomic E-state index is 0.00269. The lowest BCUT2D eigenvalue weighted by Gasteiger charge is -2.07. The molecule has 0 radical (unpaired) electrons. The largest absolute Gasteiger partial charge is 0.505 e. The normalized spacial score (nSPS) is 14.7. The Kier molecular flexibility index (Phi) is 1.55. The molecule has 3 nitrogen and oxygen atoms in total. The first-order valence-electron chi connectivity index (χ1n) is 4.25. The summed E-state index contributed by atoms with van der Waals surface area (Å²) in [4.78, 5) is 11.4. The molecule has 0 bridgehead atoms. The van der Waals surface area contributed by atoms with Gasteiger partial charge in [-0.2, -0.15) is 0 Å². The molecule has 2 rings (SSSR count). The predicted octanol–water partition coefficient (Wildman–Crippen LogP) is 1.41. The molecule has 0 spiro atoms. The number of carbonyl (C=O) groups is 1. The van der Waals surface area contributed by atoms with E-state index in [2.05, 4.69) is 0 Å². The van der Waals surface area contributed by atoms with Crippen LogP contribution in [0.3, 0.4) is 0 Å². The van der Waals surface area contributed by atoms with Crippen LogP contribution in [-0.4, -0.2) is 10.9 Å². The molecule has 3 heteroatoms. The number of nitrogens with two attached hydrogens (primary N) is 1. The maximum absolute atomic E-state index is 11.4. The molecule has 0 amide bonds.